The number of carbonyl (C=O) groups excluding carboxylic acids is 1. The molecule has 5 heteroatoms. The average Bonchev–Trinajstić information content (AvgIpc) is 3.01. The van der Waals surface area contributed by atoms with Crippen LogP contribution in [0.4, 0.5) is 0 Å². The van der Waals surface area contributed by atoms with Crippen molar-refractivity contribution in [3.05, 3.63) is 11.8 Å². The fraction of sp³-hybridized carbons (Fsp3) is 0.885. The van der Waals surface area contributed by atoms with E-state index in [1.807, 2.05) is 7.11 Å². The second-order valence-corrected chi connectivity index (χ2v) is 12.5. The first-order valence-corrected chi connectivity index (χ1v) is 12.3. The highest BCUT2D eigenvalue weighted by molar-refractivity contribution is 5.96. The first kappa shape index (κ1) is 21.9. The Morgan fingerprint density at radius 2 is 1.81 bits per heavy atom. The molecule has 0 radical (unpaired) electrons. The van der Waals surface area contributed by atoms with Gasteiger partial charge in [0.1, 0.15) is 0 Å². The van der Waals surface area contributed by atoms with Gasteiger partial charge in [-0.05, 0) is 61.2 Å². The molecular formula is C26H40O5. The number of methoxy groups -OCH3 is 1. The summed E-state index contributed by atoms with van der Waals surface area (Å²) in [5, 5.41) is 9.74. The summed E-state index contributed by atoms with van der Waals surface area (Å²) in [6, 6.07) is 0. The summed E-state index contributed by atoms with van der Waals surface area (Å²) in [4.78, 5) is 12.5. The van der Waals surface area contributed by atoms with Crippen LogP contribution in [0.15, 0.2) is 11.8 Å². The van der Waals surface area contributed by atoms with Crippen LogP contribution in [0.2, 0.25) is 0 Å². The molecule has 5 fully saturated rings. The quantitative estimate of drug-likeness (QED) is 0.464. The number of aliphatic hydroxyl groups excluding tert-OH is 1. The molecule has 7 atom stereocenters. The molecule has 1 N–H and O–H groups in total. The van der Waals surface area contributed by atoms with Gasteiger partial charge in [0.05, 0.1) is 25.6 Å². The van der Waals surface area contributed by atoms with Crippen molar-refractivity contribution in [3.8, 4) is 0 Å². The van der Waals surface area contributed by atoms with Crippen LogP contribution in [-0.2, 0) is 19.0 Å². The van der Waals surface area contributed by atoms with Crippen molar-refractivity contribution in [3.63, 3.8) is 0 Å². The van der Waals surface area contributed by atoms with Crippen LogP contribution >= 0.6 is 0 Å². The largest absolute Gasteiger partial charge is 0.515 e. The van der Waals surface area contributed by atoms with E-state index < -0.39 is 5.79 Å². The van der Waals surface area contributed by atoms with E-state index >= 15 is 0 Å². The molecule has 0 aromatic carbocycles. The van der Waals surface area contributed by atoms with Crippen molar-refractivity contribution in [1.82, 2.24) is 0 Å². The number of hydrogen-bond acceptors (Lipinski definition) is 5. The molecule has 1 saturated heterocycles. The molecule has 1 spiro atoms. The van der Waals surface area contributed by atoms with Gasteiger partial charge in [-0.3, -0.25) is 4.79 Å². The number of Topliss-reactive ketones (excluding diaryl/α,β-unsaturated/α-hetero) is 1. The Hall–Kier alpha value is -0.910. The molecule has 0 aromatic rings. The Morgan fingerprint density at radius 3 is 2.45 bits per heavy atom. The normalized spacial score (nSPS) is 49.5. The van der Waals surface area contributed by atoms with Gasteiger partial charge < -0.3 is 19.3 Å². The van der Waals surface area contributed by atoms with Gasteiger partial charge in [0, 0.05) is 36.4 Å². The lowest BCUT2D eigenvalue weighted by Crippen LogP contribution is -2.64. The highest BCUT2D eigenvalue weighted by Crippen LogP contribution is 2.70. The van der Waals surface area contributed by atoms with Gasteiger partial charge in [-0.1, -0.05) is 27.7 Å². The minimum absolute atomic E-state index is 0.0145. The maximum absolute atomic E-state index is 12.5. The van der Waals surface area contributed by atoms with Gasteiger partial charge in [-0.25, -0.2) is 0 Å². The van der Waals surface area contributed by atoms with Gasteiger partial charge in [0.2, 0.25) is 0 Å². The van der Waals surface area contributed by atoms with Crippen molar-refractivity contribution in [1.29, 1.82) is 0 Å². The van der Waals surface area contributed by atoms with E-state index in [0.29, 0.717) is 42.1 Å². The number of fused-ring (bicyclic) bond motifs is 6. The van der Waals surface area contributed by atoms with E-state index in [-0.39, 0.29) is 28.1 Å². The Morgan fingerprint density at radius 1 is 1.10 bits per heavy atom. The zero-order valence-corrected chi connectivity index (χ0v) is 19.9. The van der Waals surface area contributed by atoms with Crippen LogP contribution in [0, 0.1) is 39.9 Å². The standard InChI is InChI=1S/C26H40O5/c1-23(2)14-30-26(31-15-23)9-8-19-18-7-6-17-10-20(28)16(13-27)11-24(17,3)22(18)21(29-5)12-25(19,26)4/h13,17-19,21-22,27H,6-12,14-15H2,1-5H3/b16-13-/t17-,18-,19-,21-,22+,24-,25-/m0/s1. The number of ketones is 1. The molecule has 5 aliphatic rings. The molecule has 31 heavy (non-hydrogen) atoms. The van der Waals surface area contributed by atoms with Crippen molar-refractivity contribution in [2.45, 2.75) is 84.5 Å². The number of carbonyl (C=O) groups is 1. The van der Waals surface area contributed by atoms with Crippen LogP contribution in [0.3, 0.4) is 0 Å². The molecule has 4 saturated carbocycles. The molecule has 0 amide bonds. The first-order chi connectivity index (χ1) is 14.6. The van der Waals surface area contributed by atoms with Crippen molar-refractivity contribution < 1.29 is 24.1 Å². The van der Waals surface area contributed by atoms with Gasteiger partial charge in [0.25, 0.3) is 0 Å². The molecule has 174 valence electrons. The van der Waals surface area contributed by atoms with E-state index in [0.717, 1.165) is 51.6 Å². The van der Waals surface area contributed by atoms with Crippen LogP contribution in [0.5, 0.6) is 0 Å². The van der Waals surface area contributed by atoms with Gasteiger partial charge in [-0.2, -0.15) is 0 Å². The average molecular weight is 433 g/mol. The number of allylic oxidation sites excluding steroid dienone is 1. The maximum atomic E-state index is 12.5. The molecule has 0 aromatic heterocycles. The molecule has 5 nitrogen and oxygen atoms in total. The van der Waals surface area contributed by atoms with Crippen molar-refractivity contribution in [2.75, 3.05) is 20.3 Å². The summed E-state index contributed by atoms with van der Waals surface area (Å²) in [6.07, 6.45) is 7.69. The topological polar surface area (TPSA) is 65.0 Å². The number of ether oxygens (including phenoxy) is 3. The fourth-order valence-electron chi connectivity index (χ4n) is 8.58. The maximum Gasteiger partial charge on any atom is 0.173 e. The summed E-state index contributed by atoms with van der Waals surface area (Å²) in [5.74, 6) is 1.50. The zero-order valence-electron chi connectivity index (χ0n) is 19.9. The molecule has 1 aliphatic heterocycles. The van der Waals surface area contributed by atoms with Crippen LogP contribution in [0.25, 0.3) is 0 Å². The summed E-state index contributed by atoms with van der Waals surface area (Å²) < 4.78 is 19.4. The Labute approximate surface area is 186 Å². The van der Waals surface area contributed by atoms with E-state index in [9.17, 15) is 9.90 Å². The Kier molecular flexibility index (Phi) is 4.98. The molecule has 0 unspecified atom stereocenters. The zero-order chi connectivity index (χ0) is 22.2. The fourth-order valence-corrected chi connectivity index (χ4v) is 8.58. The third kappa shape index (κ3) is 2.95. The monoisotopic (exact) mass is 432 g/mol. The summed E-state index contributed by atoms with van der Waals surface area (Å²) in [7, 11) is 1.85. The Bertz CT molecular complexity index is 777. The molecule has 5 rings (SSSR count). The Balaban J connectivity index is 1.50. The second kappa shape index (κ2) is 7.04. The SMILES string of the molecule is CO[C@H]1C[C@@]2(C)[C@@H](CCC23OCC(C)(C)CO3)[C@@H]2CC[C@H]3CC(=O)/C(=C\O)C[C@]3(C)[C@H]21. The van der Waals surface area contributed by atoms with Crippen molar-refractivity contribution in [2.24, 2.45) is 39.9 Å². The third-order valence-electron chi connectivity index (χ3n) is 10.2. The number of hydrogen-bond donors (Lipinski definition) is 1. The first-order valence-electron chi connectivity index (χ1n) is 12.3. The van der Waals surface area contributed by atoms with Gasteiger partial charge >= 0.3 is 0 Å². The van der Waals surface area contributed by atoms with Crippen LogP contribution in [-0.4, -0.2) is 43.1 Å². The smallest absolute Gasteiger partial charge is 0.173 e. The van der Waals surface area contributed by atoms with Gasteiger partial charge in [0.15, 0.2) is 11.6 Å². The lowest BCUT2D eigenvalue weighted by Gasteiger charge is -2.63. The highest BCUT2D eigenvalue weighted by atomic mass is 16.7. The predicted molar refractivity (Wildman–Crippen MR) is 117 cm³/mol. The molecule has 1 heterocycles. The molecule has 0 bridgehead atoms. The van der Waals surface area contributed by atoms with E-state index in [1.54, 1.807) is 0 Å². The van der Waals surface area contributed by atoms with E-state index in [1.165, 1.54) is 0 Å². The summed E-state index contributed by atoms with van der Waals surface area (Å²) in [6.45, 7) is 10.7. The third-order valence-corrected chi connectivity index (χ3v) is 10.2. The van der Waals surface area contributed by atoms with Gasteiger partial charge in [-0.15, -0.1) is 0 Å². The lowest BCUT2D eigenvalue weighted by molar-refractivity contribution is -0.353. The predicted octanol–water partition coefficient (Wildman–Crippen LogP) is 5.04. The van der Waals surface area contributed by atoms with Crippen molar-refractivity contribution >= 4 is 5.78 Å². The molecule has 4 aliphatic carbocycles. The van der Waals surface area contributed by atoms with Crippen LogP contribution < -0.4 is 0 Å². The minimum atomic E-state index is -0.495. The summed E-state index contributed by atoms with van der Waals surface area (Å²) >= 11 is 0. The summed E-state index contributed by atoms with van der Waals surface area (Å²) in [5.41, 5.74) is 0.588. The number of aliphatic hydroxyl groups is 1. The molecular weight excluding hydrogens is 392 g/mol. The highest BCUT2D eigenvalue weighted by Gasteiger charge is 2.70. The van der Waals surface area contributed by atoms with E-state index in [2.05, 4.69) is 27.7 Å². The lowest BCUT2D eigenvalue weighted by atomic mass is 9.44. The number of rotatable bonds is 1. The van der Waals surface area contributed by atoms with Crippen LogP contribution in [0.1, 0.15) is 72.6 Å². The second-order valence-electron chi connectivity index (χ2n) is 12.5. The minimum Gasteiger partial charge on any atom is -0.515 e. The van der Waals surface area contributed by atoms with E-state index in [4.69, 9.17) is 14.2 Å².